The smallest absolute Gasteiger partial charge is 0.334 e. The molecule has 3 saturated heterocycles. The number of hydrogen-bond donors (Lipinski definition) is 2. The van der Waals surface area contributed by atoms with E-state index in [-0.39, 0.29) is 56.2 Å². The highest BCUT2D eigenvalue weighted by molar-refractivity contribution is 5.86. The summed E-state index contributed by atoms with van der Waals surface area (Å²) in [5.41, 5.74) is 0. The number of nitrogens with zero attached hydrogens (tertiary/aromatic N) is 4. The van der Waals surface area contributed by atoms with Crippen molar-refractivity contribution in [2.75, 3.05) is 58.9 Å². The normalized spacial score (nSPS) is 21.3. The number of piperazine rings is 1. The van der Waals surface area contributed by atoms with Gasteiger partial charge in [0.1, 0.15) is 0 Å². The van der Waals surface area contributed by atoms with Crippen molar-refractivity contribution in [3.63, 3.8) is 0 Å². The Balaban J connectivity index is 0.00000261. The number of piperidine rings is 2. The zero-order valence-corrected chi connectivity index (χ0v) is 19.4. The standard InChI is InChI=1S/C18H33N5O3.3ClH/c24-17(25)6-11-23(22-9-2-1-3-10-22)18(26)21-14-12-20(13-15-21)16-4-7-19-8-5-16;;;/h16,19H,1-15H2,(H,24,25);3*1H. The van der Waals surface area contributed by atoms with Crippen LogP contribution in [0.15, 0.2) is 0 Å². The van der Waals surface area contributed by atoms with Crippen LogP contribution in [0.4, 0.5) is 4.79 Å². The number of carbonyl (C=O) groups is 2. The second kappa shape index (κ2) is 14.5. The molecule has 2 N–H and O–H groups in total. The number of hydrazine groups is 1. The lowest BCUT2D eigenvalue weighted by Gasteiger charge is -2.44. The third-order valence-corrected chi connectivity index (χ3v) is 5.84. The number of amides is 2. The van der Waals surface area contributed by atoms with Crippen molar-refractivity contribution in [2.45, 2.75) is 44.6 Å². The number of urea groups is 1. The van der Waals surface area contributed by atoms with Crippen molar-refractivity contribution in [3.05, 3.63) is 0 Å². The number of nitrogens with one attached hydrogen (secondary N) is 1. The van der Waals surface area contributed by atoms with Gasteiger partial charge in [0.05, 0.1) is 6.42 Å². The van der Waals surface area contributed by atoms with Gasteiger partial charge in [-0.05, 0) is 38.8 Å². The van der Waals surface area contributed by atoms with E-state index in [4.69, 9.17) is 5.11 Å². The Labute approximate surface area is 192 Å². The molecule has 172 valence electrons. The zero-order valence-electron chi connectivity index (χ0n) is 17.0. The first-order valence-electron chi connectivity index (χ1n) is 10.1. The molecule has 0 saturated carbocycles. The molecule has 0 aromatic carbocycles. The molecule has 11 heteroatoms. The summed E-state index contributed by atoms with van der Waals surface area (Å²) in [6.07, 6.45) is 5.70. The number of aliphatic carboxylic acids is 1. The van der Waals surface area contributed by atoms with Gasteiger partial charge in [0.25, 0.3) is 0 Å². The number of rotatable bonds is 5. The summed E-state index contributed by atoms with van der Waals surface area (Å²) >= 11 is 0. The van der Waals surface area contributed by atoms with E-state index in [1.165, 1.54) is 19.3 Å². The van der Waals surface area contributed by atoms with Crippen LogP contribution in [-0.2, 0) is 4.79 Å². The Kier molecular flexibility index (Phi) is 14.2. The van der Waals surface area contributed by atoms with Gasteiger partial charge in [-0.25, -0.2) is 9.80 Å². The third kappa shape index (κ3) is 8.26. The Morgan fingerprint density at radius 1 is 0.897 bits per heavy atom. The molecule has 29 heavy (non-hydrogen) atoms. The molecule has 0 spiro atoms. The number of carboxylic acids is 1. The van der Waals surface area contributed by atoms with Gasteiger partial charge in [-0.1, -0.05) is 6.42 Å². The van der Waals surface area contributed by atoms with E-state index >= 15 is 0 Å². The highest BCUT2D eigenvalue weighted by atomic mass is 35.5. The molecule has 3 aliphatic rings. The number of halogens is 3. The van der Waals surface area contributed by atoms with Crippen LogP contribution in [0.1, 0.15) is 38.5 Å². The van der Waals surface area contributed by atoms with Crippen molar-refractivity contribution < 1.29 is 14.7 Å². The van der Waals surface area contributed by atoms with Crippen LogP contribution in [-0.4, -0.2) is 102 Å². The predicted octanol–water partition coefficient (Wildman–Crippen LogP) is 1.92. The van der Waals surface area contributed by atoms with Crippen LogP contribution >= 0.6 is 37.2 Å². The molecule has 2 amide bonds. The van der Waals surface area contributed by atoms with E-state index in [1.807, 2.05) is 4.90 Å². The van der Waals surface area contributed by atoms with E-state index in [1.54, 1.807) is 5.01 Å². The molecule has 0 aromatic rings. The summed E-state index contributed by atoms with van der Waals surface area (Å²) in [5, 5.41) is 16.2. The van der Waals surface area contributed by atoms with Gasteiger partial charge in [0.2, 0.25) is 0 Å². The van der Waals surface area contributed by atoms with E-state index in [0.717, 1.165) is 65.2 Å². The Morgan fingerprint density at radius 3 is 2.03 bits per heavy atom. The highest BCUT2D eigenvalue weighted by Gasteiger charge is 2.31. The summed E-state index contributed by atoms with van der Waals surface area (Å²) in [6, 6.07) is 0.622. The maximum Gasteiger partial charge on any atom is 0.334 e. The minimum atomic E-state index is -0.851. The molecule has 0 radical (unpaired) electrons. The maximum atomic E-state index is 13.1. The van der Waals surface area contributed by atoms with Gasteiger partial charge in [-0.15, -0.1) is 37.2 Å². The lowest BCUT2D eigenvalue weighted by molar-refractivity contribution is -0.138. The first-order valence-corrected chi connectivity index (χ1v) is 10.1. The fourth-order valence-electron chi connectivity index (χ4n) is 4.29. The Bertz CT molecular complexity index is 483. The molecular formula is C18H36Cl3N5O3. The molecule has 0 bridgehead atoms. The van der Waals surface area contributed by atoms with Crippen LogP contribution in [0.25, 0.3) is 0 Å². The number of carbonyl (C=O) groups excluding carboxylic acids is 1. The second-order valence-corrected chi connectivity index (χ2v) is 7.57. The summed E-state index contributed by atoms with van der Waals surface area (Å²) in [5.74, 6) is -0.851. The van der Waals surface area contributed by atoms with E-state index in [9.17, 15) is 9.59 Å². The van der Waals surface area contributed by atoms with Gasteiger partial charge in [0, 0.05) is 51.9 Å². The largest absolute Gasteiger partial charge is 0.481 e. The van der Waals surface area contributed by atoms with Crippen molar-refractivity contribution in [1.82, 2.24) is 25.1 Å². The van der Waals surface area contributed by atoms with Crippen molar-refractivity contribution >= 4 is 49.2 Å². The van der Waals surface area contributed by atoms with Gasteiger partial charge in [-0.3, -0.25) is 14.7 Å². The Hall–Kier alpha value is -0.510. The number of hydrogen-bond acceptors (Lipinski definition) is 5. The van der Waals surface area contributed by atoms with Gasteiger partial charge >= 0.3 is 12.0 Å². The maximum absolute atomic E-state index is 13.1. The predicted molar refractivity (Wildman–Crippen MR) is 121 cm³/mol. The quantitative estimate of drug-likeness (QED) is 0.631. The average molecular weight is 477 g/mol. The van der Waals surface area contributed by atoms with Crippen LogP contribution in [0.5, 0.6) is 0 Å². The monoisotopic (exact) mass is 475 g/mol. The topological polar surface area (TPSA) is 79.4 Å². The van der Waals surface area contributed by atoms with Crippen molar-refractivity contribution in [1.29, 1.82) is 0 Å². The molecule has 0 aromatic heterocycles. The molecule has 3 rings (SSSR count). The summed E-state index contributed by atoms with van der Waals surface area (Å²) in [6.45, 7) is 7.44. The van der Waals surface area contributed by atoms with Crippen molar-refractivity contribution in [3.8, 4) is 0 Å². The van der Waals surface area contributed by atoms with Gasteiger partial charge in [0.15, 0.2) is 0 Å². The fourth-order valence-corrected chi connectivity index (χ4v) is 4.29. The summed E-state index contributed by atoms with van der Waals surface area (Å²) in [4.78, 5) is 28.5. The average Bonchev–Trinajstić information content (AvgIpc) is 2.69. The van der Waals surface area contributed by atoms with E-state index in [2.05, 4.69) is 15.2 Å². The first kappa shape index (κ1) is 28.5. The molecule has 0 unspecified atom stereocenters. The zero-order chi connectivity index (χ0) is 18.4. The molecular weight excluding hydrogens is 441 g/mol. The lowest BCUT2D eigenvalue weighted by atomic mass is 10.0. The van der Waals surface area contributed by atoms with E-state index < -0.39 is 5.97 Å². The third-order valence-electron chi connectivity index (χ3n) is 5.84. The SMILES string of the molecule is Cl.Cl.Cl.O=C(O)CCN(C(=O)N1CCN(C2CCNCC2)CC1)N1CCCCC1. The summed E-state index contributed by atoms with van der Waals surface area (Å²) in [7, 11) is 0. The molecule has 3 fully saturated rings. The van der Waals surface area contributed by atoms with E-state index in [0.29, 0.717) is 6.04 Å². The lowest BCUT2D eigenvalue weighted by Crippen LogP contribution is -2.59. The molecule has 0 aliphatic carbocycles. The van der Waals surface area contributed by atoms with Gasteiger partial charge < -0.3 is 15.3 Å². The number of carboxylic acid groups (broad SMARTS) is 1. The second-order valence-electron chi connectivity index (χ2n) is 7.57. The minimum Gasteiger partial charge on any atom is -0.481 e. The van der Waals surface area contributed by atoms with Crippen LogP contribution < -0.4 is 5.32 Å². The first-order chi connectivity index (χ1) is 12.6. The van der Waals surface area contributed by atoms with Crippen molar-refractivity contribution in [2.24, 2.45) is 0 Å². The molecule has 3 aliphatic heterocycles. The molecule has 3 heterocycles. The van der Waals surface area contributed by atoms with Crippen LogP contribution in [0.2, 0.25) is 0 Å². The molecule has 8 nitrogen and oxygen atoms in total. The highest BCUT2D eigenvalue weighted by Crippen LogP contribution is 2.18. The fraction of sp³-hybridized carbons (Fsp3) is 0.889. The van der Waals surface area contributed by atoms with Gasteiger partial charge in [-0.2, -0.15) is 0 Å². The summed E-state index contributed by atoms with van der Waals surface area (Å²) < 4.78 is 0. The Morgan fingerprint density at radius 2 is 1.48 bits per heavy atom. The molecule has 0 atom stereocenters. The van der Waals surface area contributed by atoms with Crippen LogP contribution in [0.3, 0.4) is 0 Å². The minimum absolute atomic E-state index is 0. The van der Waals surface area contributed by atoms with Crippen LogP contribution in [0, 0.1) is 0 Å².